The van der Waals surface area contributed by atoms with E-state index in [1.807, 2.05) is 43.3 Å². The maximum Gasteiger partial charge on any atom is 0.267 e. The lowest BCUT2D eigenvalue weighted by Crippen LogP contribution is -2.11. The molecular formula is C20H17N3O2S. The summed E-state index contributed by atoms with van der Waals surface area (Å²) in [5.41, 5.74) is 4.05. The predicted octanol–water partition coefficient (Wildman–Crippen LogP) is 4.74. The third-order valence-electron chi connectivity index (χ3n) is 4.00. The Morgan fingerprint density at radius 2 is 1.92 bits per heavy atom. The van der Waals surface area contributed by atoms with Crippen LogP contribution in [0.4, 0.5) is 5.69 Å². The quantitative estimate of drug-likeness (QED) is 0.568. The molecule has 2 heterocycles. The van der Waals surface area contributed by atoms with Gasteiger partial charge in [-0.25, -0.2) is 9.97 Å². The zero-order valence-electron chi connectivity index (χ0n) is 14.4. The lowest BCUT2D eigenvalue weighted by Gasteiger charge is -2.03. The van der Waals surface area contributed by atoms with Crippen LogP contribution in [-0.2, 0) is 6.42 Å². The molecule has 4 aromatic rings. The fourth-order valence-electron chi connectivity index (χ4n) is 2.82. The summed E-state index contributed by atoms with van der Waals surface area (Å²) in [5, 5.41) is 3.86. The van der Waals surface area contributed by atoms with Crippen LogP contribution < -0.4 is 5.32 Å². The standard InChI is InChI=1S/C20H17N3O2S/c1-12-19(26-18(21-12)10-14-6-4-3-5-7-14)20(24)23-15-8-9-17-16(11-15)22-13(2)25-17/h3-9,11H,10H2,1-2H3,(H,23,24). The number of nitrogens with one attached hydrogen (secondary N) is 1. The number of nitrogens with zero attached hydrogens (tertiary/aromatic N) is 2. The number of anilines is 1. The number of oxazole rings is 1. The van der Waals surface area contributed by atoms with Gasteiger partial charge in [-0.1, -0.05) is 30.3 Å². The molecule has 0 aliphatic rings. The fraction of sp³-hybridized carbons (Fsp3) is 0.150. The normalized spacial score (nSPS) is 11.0. The van der Waals surface area contributed by atoms with Crippen molar-refractivity contribution in [2.24, 2.45) is 0 Å². The topological polar surface area (TPSA) is 68.0 Å². The van der Waals surface area contributed by atoms with Gasteiger partial charge in [-0.2, -0.15) is 0 Å². The molecule has 0 unspecified atom stereocenters. The first-order valence-corrected chi connectivity index (χ1v) is 9.09. The van der Waals surface area contributed by atoms with Crippen LogP contribution in [0.5, 0.6) is 0 Å². The number of aromatic nitrogens is 2. The molecule has 0 spiro atoms. The van der Waals surface area contributed by atoms with Gasteiger partial charge < -0.3 is 9.73 Å². The van der Waals surface area contributed by atoms with Gasteiger partial charge in [0.1, 0.15) is 10.4 Å². The molecule has 1 N–H and O–H groups in total. The van der Waals surface area contributed by atoms with Crippen LogP contribution in [0.1, 0.15) is 31.8 Å². The molecule has 0 aliphatic carbocycles. The van der Waals surface area contributed by atoms with E-state index in [0.29, 0.717) is 22.0 Å². The highest BCUT2D eigenvalue weighted by Crippen LogP contribution is 2.24. The van der Waals surface area contributed by atoms with Crippen LogP contribution in [0.25, 0.3) is 11.1 Å². The van der Waals surface area contributed by atoms with Gasteiger partial charge >= 0.3 is 0 Å². The van der Waals surface area contributed by atoms with Crippen molar-refractivity contribution < 1.29 is 9.21 Å². The van der Waals surface area contributed by atoms with Gasteiger partial charge in [0.25, 0.3) is 5.91 Å². The molecule has 4 rings (SSSR count). The smallest absolute Gasteiger partial charge is 0.267 e. The molecule has 0 atom stereocenters. The molecule has 6 heteroatoms. The summed E-state index contributed by atoms with van der Waals surface area (Å²) in [4.78, 5) is 22.1. The summed E-state index contributed by atoms with van der Waals surface area (Å²) in [6.45, 7) is 3.66. The number of rotatable bonds is 4. The summed E-state index contributed by atoms with van der Waals surface area (Å²) in [6.07, 6.45) is 0.726. The number of thiazole rings is 1. The van der Waals surface area contributed by atoms with Crippen molar-refractivity contribution in [3.8, 4) is 0 Å². The minimum Gasteiger partial charge on any atom is -0.441 e. The Kier molecular flexibility index (Phi) is 4.26. The lowest BCUT2D eigenvalue weighted by molar-refractivity contribution is 0.103. The van der Waals surface area contributed by atoms with Crippen LogP contribution in [-0.4, -0.2) is 15.9 Å². The second kappa shape index (κ2) is 6.72. The Balaban J connectivity index is 1.53. The minimum absolute atomic E-state index is 0.154. The molecule has 26 heavy (non-hydrogen) atoms. The van der Waals surface area contributed by atoms with E-state index < -0.39 is 0 Å². The Morgan fingerprint density at radius 1 is 1.12 bits per heavy atom. The molecule has 0 saturated carbocycles. The van der Waals surface area contributed by atoms with Gasteiger partial charge in [0, 0.05) is 19.0 Å². The van der Waals surface area contributed by atoms with E-state index in [9.17, 15) is 4.79 Å². The summed E-state index contributed by atoms with van der Waals surface area (Å²) in [6, 6.07) is 15.6. The van der Waals surface area contributed by atoms with Gasteiger partial charge in [-0.3, -0.25) is 4.79 Å². The van der Waals surface area contributed by atoms with Gasteiger partial charge in [0.15, 0.2) is 11.5 Å². The Hall–Kier alpha value is -2.99. The molecule has 2 aromatic heterocycles. The highest BCUT2D eigenvalue weighted by atomic mass is 32.1. The van der Waals surface area contributed by atoms with Crippen LogP contribution in [0.15, 0.2) is 52.9 Å². The first kappa shape index (κ1) is 16.5. The third kappa shape index (κ3) is 3.36. The predicted molar refractivity (Wildman–Crippen MR) is 103 cm³/mol. The number of benzene rings is 2. The summed E-state index contributed by atoms with van der Waals surface area (Å²) in [5.74, 6) is 0.450. The van der Waals surface area contributed by atoms with Crippen LogP contribution >= 0.6 is 11.3 Å². The van der Waals surface area contributed by atoms with Crippen molar-refractivity contribution in [2.75, 3.05) is 5.32 Å². The molecule has 0 saturated heterocycles. The number of aryl methyl sites for hydroxylation is 2. The second-order valence-corrected chi connectivity index (χ2v) is 7.14. The monoisotopic (exact) mass is 363 g/mol. The first-order valence-electron chi connectivity index (χ1n) is 8.27. The van der Waals surface area contributed by atoms with E-state index in [0.717, 1.165) is 22.6 Å². The molecular weight excluding hydrogens is 346 g/mol. The molecule has 0 aliphatic heterocycles. The molecule has 0 fully saturated rings. The summed E-state index contributed by atoms with van der Waals surface area (Å²) < 4.78 is 5.46. The average molecular weight is 363 g/mol. The average Bonchev–Trinajstić information content (AvgIpc) is 3.16. The van der Waals surface area contributed by atoms with Crippen molar-refractivity contribution in [3.63, 3.8) is 0 Å². The van der Waals surface area contributed by atoms with E-state index in [1.54, 1.807) is 6.92 Å². The molecule has 1 amide bonds. The van der Waals surface area contributed by atoms with Gasteiger partial charge in [0.05, 0.1) is 10.7 Å². The third-order valence-corrected chi connectivity index (χ3v) is 5.15. The molecule has 5 nitrogen and oxygen atoms in total. The van der Waals surface area contributed by atoms with Crippen molar-refractivity contribution in [2.45, 2.75) is 20.3 Å². The van der Waals surface area contributed by atoms with Gasteiger partial charge in [0.2, 0.25) is 0 Å². The highest BCUT2D eigenvalue weighted by Gasteiger charge is 2.16. The van der Waals surface area contributed by atoms with E-state index in [4.69, 9.17) is 4.42 Å². The summed E-state index contributed by atoms with van der Waals surface area (Å²) in [7, 11) is 0. The molecule has 0 bridgehead atoms. The van der Waals surface area contributed by atoms with Crippen LogP contribution in [0, 0.1) is 13.8 Å². The van der Waals surface area contributed by atoms with Crippen molar-refractivity contribution >= 4 is 34.0 Å². The van der Waals surface area contributed by atoms with E-state index in [1.165, 1.54) is 16.9 Å². The Labute approximate surface area is 154 Å². The maximum absolute atomic E-state index is 12.7. The van der Waals surface area contributed by atoms with Crippen molar-refractivity contribution in [1.29, 1.82) is 0 Å². The molecule has 0 radical (unpaired) electrons. The lowest BCUT2D eigenvalue weighted by atomic mass is 10.2. The Morgan fingerprint density at radius 3 is 2.73 bits per heavy atom. The van der Waals surface area contributed by atoms with E-state index >= 15 is 0 Å². The number of amides is 1. The Bertz CT molecular complexity index is 1080. The maximum atomic E-state index is 12.7. The van der Waals surface area contributed by atoms with Crippen LogP contribution in [0.3, 0.4) is 0 Å². The van der Waals surface area contributed by atoms with Gasteiger partial charge in [-0.15, -0.1) is 11.3 Å². The van der Waals surface area contributed by atoms with Crippen molar-refractivity contribution in [1.82, 2.24) is 9.97 Å². The minimum atomic E-state index is -0.154. The summed E-state index contributed by atoms with van der Waals surface area (Å²) >= 11 is 1.43. The van der Waals surface area contributed by atoms with Gasteiger partial charge in [-0.05, 0) is 30.7 Å². The SMILES string of the molecule is Cc1nc2cc(NC(=O)c3sc(Cc4ccccc4)nc3C)ccc2o1. The zero-order chi connectivity index (χ0) is 18.1. The number of fused-ring (bicyclic) bond motifs is 1. The van der Waals surface area contributed by atoms with E-state index in [-0.39, 0.29) is 5.91 Å². The number of hydrogen-bond acceptors (Lipinski definition) is 5. The van der Waals surface area contributed by atoms with E-state index in [2.05, 4.69) is 27.4 Å². The largest absolute Gasteiger partial charge is 0.441 e. The molecule has 2 aromatic carbocycles. The number of carbonyl (C=O) groups excluding carboxylic acids is 1. The first-order chi connectivity index (χ1) is 12.6. The number of carbonyl (C=O) groups is 1. The highest BCUT2D eigenvalue weighted by molar-refractivity contribution is 7.14. The molecule has 130 valence electrons. The fourth-order valence-corrected chi connectivity index (χ4v) is 3.81. The van der Waals surface area contributed by atoms with Crippen molar-refractivity contribution in [3.05, 3.63) is 75.6 Å². The zero-order valence-corrected chi connectivity index (χ0v) is 15.3. The number of hydrogen-bond donors (Lipinski definition) is 1. The van der Waals surface area contributed by atoms with Crippen LogP contribution in [0.2, 0.25) is 0 Å². The second-order valence-electron chi connectivity index (χ2n) is 6.05.